The van der Waals surface area contributed by atoms with E-state index in [1.807, 2.05) is 0 Å². The first-order chi connectivity index (χ1) is 8.15. The molecule has 0 spiro atoms. The van der Waals surface area contributed by atoms with Crippen molar-refractivity contribution in [2.45, 2.75) is 44.1 Å². The predicted octanol–water partition coefficient (Wildman–Crippen LogP) is 2.57. The highest BCUT2D eigenvalue weighted by Crippen LogP contribution is 2.42. The smallest absolute Gasteiger partial charge is 0.0319 e. The molecular weight excluding hydrogens is 208 g/mol. The molecule has 2 nitrogen and oxygen atoms in total. The second kappa shape index (κ2) is 4.02. The van der Waals surface area contributed by atoms with Gasteiger partial charge in [-0.05, 0) is 80.9 Å². The Kier molecular flexibility index (Phi) is 2.62. The third-order valence-corrected chi connectivity index (χ3v) is 4.52. The second-order valence-electron chi connectivity index (χ2n) is 5.90. The fourth-order valence-corrected chi connectivity index (χ4v) is 3.68. The maximum Gasteiger partial charge on any atom is 0.0319 e. The van der Waals surface area contributed by atoms with Crippen molar-refractivity contribution in [1.29, 1.82) is 0 Å². The van der Waals surface area contributed by atoms with E-state index in [0.717, 1.165) is 11.6 Å². The summed E-state index contributed by atoms with van der Waals surface area (Å²) >= 11 is 0. The van der Waals surface area contributed by atoms with Crippen molar-refractivity contribution in [3.05, 3.63) is 28.8 Å². The molecule has 0 radical (unpaired) electrons. The molecule has 1 aromatic carbocycles. The summed E-state index contributed by atoms with van der Waals surface area (Å²) in [6, 6.07) is 5.12. The highest BCUT2D eigenvalue weighted by atomic mass is 15.1. The molecule has 0 aliphatic heterocycles. The number of nitrogen functional groups attached to an aromatic ring is 1. The van der Waals surface area contributed by atoms with Gasteiger partial charge in [0.1, 0.15) is 0 Å². The molecule has 2 unspecified atom stereocenters. The average Bonchev–Trinajstić information content (AvgIpc) is 2.28. The SMILES string of the molecule is CN(C)C1Cc2cc(N)cc3c2C(CCC3)C1. The van der Waals surface area contributed by atoms with Crippen LogP contribution in [0, 0.1) is 0 Å². The van der Waals surface area contributed by atoms with Crippen LogP contribution in [0.2, 0.25) is 0 Å². The monoisotopic (exact) mass is 230 g/mol. The molecule has 0 bridgehead atoms. The van der Waals surface area contributed by atoms with E-state index in [2.05, 4.69) is 31.1 Å². The van der Waals surface area contributed by atoms with E-state index >= 15 is 0 Å². The molecule has 2 atom stereocenters. The molecule has 0 saturated heterocycles. The van der Waals surface area contributed by atoms with Crippen molar-refractivity contribution in [2.24, 2.45) is 0 Å². The first-order valence-corrected chi connectivity index (χ1v) is 6.72. The van der Waals surface area contributed by atoms with Gasteiger partial charge in [0, 0.05) is 11.7 Å². The van der Waals surface area contributed by atoms with Crippen LogP contribution < -0.4 is 5.73 Å². The zero-order valence-corrected chi connectivity index (χ0v) is 10.9. The van der Waals surface area contributed by atoms with E-state index in [9.17, 15) is 0 Å². The van der Waals surface area contributed by atoms with Crippen LogP contribution in [0.5, 0.6) is 0 Å². The highest BCUT2D eigenvalue weighted by Gasteiger charge is 2.31. The summed E-state index contributed by atoms with van der Waals surface area (Å²) in [6.07, 6.45) is 6.44. The first-order valence-electron chi connectivity index (χ1n) is 6.72. The standard InChI is InChI=1S/C15H22N2/c1-17(2)14-8-11-5-3-4-10-6-13(16)7-12(9-14)15(10)11/h6-7,11,14H,3-5,8-9,16H2,1-2H3. The molecule has 92 valence electrons. The summed E-state index contributed by atoms with van der Waals surface area (Å²) in [6.45, 7) is 0. The number of rotatable bonds is 1. The van der Waals surface area contributed by atoms with E-state index in [0.29, 0.717) is 6.04 Å². The Hall–Kier alpha value is -1.02. The number of anilines is 1. The number of nitrogens with zero attached hydrogens (tertiary/aromatic N) is 1. The van der Waals surface area contributed by atoms with Gasteiger partial charge in [-0.3, -0.25) is 0 Å². The molecule has 2 heteroatoms. The Balaban J connectivity index is 2.06. The van der Waals surface area contributed by atoms with Gasteiger partial charge in [0.25, 0.3) is 0 Å². The first kappa shape index (κ1) is 11.1. The van der Waals surface area contributed by atoms with Crippen LogP contribution in [-0.4, -0.2) is 25.0 Å². The molecule has 0 saturated carbocycles. The minimum atomic E-state index is 0.695. The van der Waals surface area contributed by atoms with Gasteiger partial charge in [-0.2, -0.15) is 0 Å². The van der Waals surface area contributed by atoms with Crippen LogP contribution in [0.3, 0.4) is 0 Å². The average molecular weight is 230 g/mol. The maximum absolute atomic E-state index is 6.04. The van der Waals surface area contributed by atoms with E-state index in [4.69, 9.17) is 5.73 Å². The molecule has 1 aromatic rings. The molecule has 3 rings (SSSR count). The summed E-state index contributed by atoms with van der Waals surface area (Å²) in [7, 11) is 4.40. The summed E-state index contributed by atoms with van der Waals surface area (Å²) in [5.74, 6) is 0.787. The molecule has 17 heavy (non-hydrogen) atoms. The number of aryl methyl sites for hydroxylation is 1. The Labute approximate surface area is 104 Å². The summed E-state index contributed by atoms with van der Waals surface area (Å²) in [5.41, 5.74) is 11.7. The Morgan fingerprint density at radius 1 is 1.24 bits per heavy atom. The van der Waals surface area contributed by atoms with Crippen LogP contribution in [0.15, 0.2) is 12.1 Å². The molecule has 0 heterocycles. The Bertz CT molecular complexity index is 437. The maximum atomic E-state index is 6.04. The van der Waals surface area contributed by atoms with Crippen LogP contribution in [0.25, 0.3) is 0 Å². The minimum absolute atomic E-state index is 0.695. The number of nitrogens with two attached hydrogens (primary N) is 1. The number of likely N-dealkylation sites (N-methyl/N-ethyl adjacent to an activating group) is 1. The molecule has 0 fully saturated rings. The molecule has 0 aromatic heterocycles. The van der Waals surface area contributed by atoms with Gasteiger partial charge in [-0.1, -0.05) is 0 Å². The zero-order valence-electron chi connectivity index (χ0n) is 10.9. The van der Waals surface area contributed by atoms with E-state index in [1.165, 1.54) is 43.2 Å². The van der Waals surface area contributed by atoms with Crippen molar-refractivity contribution >= 4 is 5.69 Å². The lowest BCUT2D eigenvalue weighted by atomic mass is 9.71. The Morgan fingerprint density at radius 3 is 2.76 bits per heavy atom. The quantitative estimate of drug-likeness (QED) is 0.751. The number of hydrogen-bond donors (Lipinski definition) is 1. The molecule has 2 aliphatic carbocycles. The van der Waals surface area contributed by atoms with Crippen LogP contribution in [0.4, 0.5) is 5.69 Å². The topological polar surface area (TPSA) is 29.3 Å². The van der Waals surface area contributed by atoms with Gasteiger partial charge in [0.15, 0.2) is 0 Å². The summed E-state index contributed by atoms with van der Waals surface area (Å²) in [4.78, 5) is 2.38. The van der Waals surface area contributed by atoms with Crippen molar-refractivity contribution in [1.82, 2.24) is 4.90 Å². The van der Waals surface area contributed by atoms with Crippen molar-refractivity contribution in [3.63, 3.8) is 0 Å². The molecule has 0 amide bonds. The van der Waals surface area contributed by atoms with Gasteiger partial charge in [-0.25, -0.2) is 0 Å². The third-order valence-electron chi connectivity index (χ3n) is 4.52. The summed E-state index contributed by atoms with van der Waals surface area (Å²) < 4.78 is 0. The predicted molar refractivity (Wildman–Crippen MR) is 72.3 cm³/mol. The zero-order chi connectivity index (χ0) is 12.0. The second-order valence-corrected chi connectivity index (χ2v) is 5.90. The Morgan fingerprint density at radius 2 is 2.00 bits per heavy atom. The van der Waals surface area contributed by atoms with Gasteiger partial charge in [0.2, 0.25) is 0 Å². The largest absolute Gasteiger partial charge is 0.399 e. The van der Waals surface area contributed by atoms with Crippen molar-refractivity contribution in [2.75, 3.05) is 19.8 Å². The van der Waals surface area contributed by atoms with Crippen molar-refractivity contribution < 1.29 is 0 Å². The van der Waals surface area contributed by atoms with E-state index in [1.54, 1.807) is 5.56 Å². The van der Waals surface area contributed by atoms with Gasteiger partial charge in [0.05, 0.1) is 0 Å². The van der Waals surface area contributed by atoms with Gasteiger partial charge < -0.3 is 10.6 Å². The highest BCUT2D eigenvalue weighted by molar-refractivity contribution is 5.53. The van der Waals surface area contributed by atoms with Gasteiger partial charge >= 0.3 is 0 Å². The summed E-state index contributed by atoms with van der Waals surface area (Å²) in [5, 5.41) is 0. The van der Waals surface area contributed by atoms with E-state index in [-0.39, 0.29) is 0 Å². The van der Waals surface area contributed by atoms with Crippen LogP contribution in [-0.2, 0) is 12.8 Å². The molecule has 2 N–H and O–H groups in total. The fraction of sp³-hybridized carbons (Fsp3) is 0.600. The van der Waals surface area contributed by atoms with Crippen molar-refractivity contribution in [3.8, 4) is 0 Å². The number of benzene rings is 1. The lowest BCUT2D eigenvalue weighted by Gasteiger charge is -2.39. The molecule has 2 aliphatic rings. The molecular formula is C15H22N2. The lowest BCUT2D eigenvalue weighted by Crippen LogP contribution is -2.36. The number of hydrogen-bond acceptors (Lipinski definition) is 2. The van der Waals surface area contributed by atoms with E-state index < -0.39 is 0 Å². The van der Waals surface area contributed by atoms with Crippen LogP contribution in [0.1, 0.15) is 41.9 Å². The fourth-order valence-electron chi connectivity index (χ4n) is 3.68. The third kappa shape index (κ3) is 1.85. The normalized spacial score (nSPS) is 27.0. The van der Waals surface area contributed by atoms with Gasteiger partial charge in [-0.15, -0.1) is 0 Å². The lowest BCUT2D eigenvalue weighted by molar-refractivity contribution is 0.242. The van der Waals surface area contributed by atoms with Crippen LogP contribution >= 0.6 is 0 Å². The minimum Gasteiger partial charge on any atom is -0.399 e.